The van der Waals surface area contributed by atoms with Crippen LogP contribution in [0.25, 0.3) is 32.3 Å². The third-order valence-corrected chi connectivity index (χ3v) is 7.65. The summed E-state index contributed by atoms with van der Waals surface area (Å²) in [6.45, 7) is 3.86. The zero-order valence-corrected chi connectivity index (χ0v) is 21.8. The van der Waals surface area contributed by atoms with Gasteiger partial charge in [-0.25, -0.2) is 0 Å². The van der Waals surface area contributed by atoms with Gasteiger partial charge in [0.1, 0.15) is 0 Å². The molecule has 0 saturated carbocycles. The number of hydrogen-bond donors (Lipinski definition) is 1. The molecule has 1 amide bonds. The van der Waals surface area contributed by atoms with Crippen LogP contribution in [0.2, 0.25) is 5.15 Å². The van der Waals surface area contributed by atoms with Gasteiger partial charge in [-0.05, 0) is 0 Å². The molecule has 0 aliphatic heterocycles. The molecule has 35 heavy (non-hydrogen) atoms. The fourth-order valence-corrected chi connectivity index (χ4v) is 5.83. The van der Waals surface area contributed by atoms with Crippen LogP contribution in [0.15, 0.2) is 43.0 Å². The van der Waals surface area contributed by atoms with Gasteiger partial charge >= 0.3 is 212 Å². The molecule has 5 rings (SSSR count). The Bertz CT molecular complexity index is 1580. The molecule has 0 aliphatic carbocycles. The number of rotatable bonds is 5. The molecule has 1 N–H and O–H groups in total. The van der Waals surface area contributed by atoms with Crippen LogP contribution in [0.4, 0.5) is 4.69 Å². The third kappa shape index (κ3) is 4.43. The average molecular weight is 553 g/mol. The second-order valence-corrected chi connectivity index (χ2v) is 10.4. The number of aryl methyl sites for hydroxylation is 3. The second kappa shape index (κ2) is 9.22. The van der Waals surface area contributed by atoms with Gasteiger partial charge in [-0.3, -0.25) is 0 Å². The molecule has 0 unspecified atom stereocenters. The van der Waals surface area contributed by atoms with Gasteiger partial charge < -0.3 is 0 Å². The molecule has 5 aromatic rings. The van der Waals surface area contributed by atoms with E-state index in [1.807, 2.05) is 39.2 Å². The number of amides is 1. The number of methoxy groups -OCH3 is 1. The number of pyridine rings is 3. The molecule has 9 nitrogen and oxygen atoms in total. The first-order valence-corrected chi connectivity index (χ1v) is 12.7. The maximum atomic E-state index is 13.3. The van der Waals surface area contributed by atoms with Crippen molar-refractivity contribution in [3.8, 4) is 28.3 Å². The summed E-state index contributed by atoms with van der Waals surface area (Å²) < 4.78 is 8.91. The molecular formula is C24H20ClN7O2Se. The number of halogens is 1. The van der Waals surface area contributed by atoms with Crippen molar-refractivity contribution in [1.82, 2.24) is 29.7 Å². The van der Waals surface area contributed by atoms with E-state index < -0.39 is 0 Å². The Hall–Kier alpha value is -3.59. The van der Waals surface area contributed by atoms with Crippen LogP contribution in [-0.4, -0.2) is 57.2 Å². The second-order valence-electron chi connectivity index (χ2n) is 7.89. The quantitative estimate of drug-likeness (QED) is 0.259. The SMILES string of the molecule is COc1cnc(Cl)cc1-c1cc(C)ncc1C(=O)Nc1nc2cnc(-c3c(C)cnn3C)cc2[se]1. The van der Waals surface area contributed by atoms with Crippen molar-refractivity contribution in [2.75, 3.05) is 12.4 Å². The Morgan fingerprint density at radius 3 is 2.63 bits per heavy atom. The minimum atomic E-state index is -0.313. The fraction of sp³-hybridized carbons (Fsp3) is 0.167. The first-order valence-electron chi connectivity index (χ1n) is 10.6. The molecule has 5 aromatic heterocycles. The summed E-state index contributed by atoms with van der Waals surface area (Å²) in [5, 5.41) is 7.56. The summed E-state index contributed by atoms with van der Waals surface area (Å²) in [5.41, 5.74) is 6.04. The number of nitrogens with one attached hydrogen (secondary N) is 1. The number of nitrogens with zero attached hydrogens (tertiary/aromatic N) is 6. The predicted octanol–water partition coefficient (Wildman–Crippen LogP) is 4.08. The maximum absolute atomic E-state index is 13.3. The summed E-state index contributed by atoms with van der Waals surface area (Å²) >= 11 is 5.95. The number of aromatic nitrogens is 6. The monoisotopic (exact) mass is 553 g/mol. The van der Waals surface area contributed by atoms with Gasteiger partial charge in [-0.2, -0.15) is 0 Å². The average Bonchev–Trinajstić information content (AvgIpc) is 3.39. The first kappa shape index (κ1) is 23.2. The van der Waals surface area contributed by atoms with E-state index in [4.69, 9.17) is 16.3 Å². The number of fused-ring (bicyclic) bond motifs is 1. The zero-order chi connectivity index (χ0) is 24.7. The molecule has 0 atom stereocenters. The van der Waals surface area contributed by atoms with Crippen LogP contribution >= 0.6 is 11.6 Å². The van der Waals surface area contributed by atoms with Crippen LogP contribution in [0.3, 0.4) is 0 Å². The Labute approximate surface area is 211 Å². The molecular weight excluding hydrogens is 533 g/mol. The molecule has 0 fully saturated rings. The van der Waals surface area contributed by atoms with Crippen molar-refractivity contribution in [3.05, 3.63) is 65.0 Å². The number of anilines is 1. The Morgan fingerprint density at radius 1 is 1.06 bits per heavy atom. The number of carbonyl (C=O) groups is 1. The van der Waals surface area contributed by atoms with E-state index >= 15 is 0 Å². The van der Waals surface area contributed by atoms with Crippen LogP contribution in [-0.2, 0) is 7.05 Å². The number of carbonyl (C=O) groups excluding carboxylic acids is 1. The van der Waals surface area contributed by atoms with E-state index in [1.54, 1.807) is 30.3 Å². The van der Waals surface area contributed by atoms with E-state index in [2.05, 4.69) is 30.4 Å². The van der Waals surface area contributed by atoms with Crippen molar-refractivity contribution in [3.63, 3.8) is 0 Å². The van der Waals surface area contributed by atoms with Crippen molar-refractivity contribution < 1.29 is 9.53 Å². The summed E-state index contributed by atoms with van der Waals surface area (Å²) in [5.74, 6) is 0.194. The van der Waals surface area contributed by atoms with Crippen molar-refractivity contribution in [2.24, 2.45) is 7.05 Å². The Morgan fingerprint density at radius 2 is 1.89 bits per heavy atom. The van der Waals surface area contributed by atoms with Crippen molar-refractivity contribution in [1.29, 1.82) is 0 Å². The summed E-state index contributed by atoms with van der Waals surface area (Å²) in [4.78, 5) is 30.9. The number of ether oxygens (including phenoxy) is 1. The molecule has 5 heterocycles. The third-order valence-electron chi connectivity index (χ3n) is 5.49. The van der Waals surface area contributed by atoms with E-state index in [-0.39, 0.29) is 20.4 Å². The van der Waals surface area contributed by atoms with Gasteiger partial charge in [0.2, 0.25) is 0 Å². The Kier molecular flexibility index (Phi) is 6.10. The van der Waals surface area contributed by atoms with Gasteiger partial charge in [0.15, 0.2) is 0 Å². The van der Waals surface area contributed by atoms with Gasteiger partial charge in [-0.1, -0.05) is 0 Å². The molecule has 0 aliphatic rings. The summed E-state index contributed by atoms with van der Waals surface area (Å²) in [6, 6.07) is 5.52. The van der Waals surface area contributed by atoms with Crippen molar-refractivity contribution in [2.45, 2.75) is 13.8 Å². The van der Waals surface area contributed by atoms with Crippen LogP contribution in [0.5, 0.6) is 5.75 Å². The standard InChI is InChI=1S/C24H20ClN7O2Se/c1-12-8-29-32(3)22(12)17-7-20-18(10-27-17)30-24(35-20)31-23(33)16-9-26-13(2)5-14(16)15-6-21(25)28-11-19(15)34-4/h5-11H,1-4H3,(H,30,31,33). The van der Waals surface area contributed by atoms with Crippen LogP contribution < -0.4 is 10.1 Å². The van der Waals surface area contributed by atoms with Gasteiger partial charge in [0.05, 0.1) is 0 Å². The molecule has 0 saturated heterocycles. The summed E-state index contributed by atoms with van der Waals surface area (Å²) in [7, 11) is 3.44. The van der Waals surface area contributed by atoms with E-state index in [0.29, 0.717) is 32.3 Å². The fourth-order valence-electron chi connectivity index (χ4n) is 3.85. The van der Waals surface area contributed by atoms with Crippen molar-refractivity contribution >= 4 is 46.5 Å². The first-order chi connectivity index (χ1) is 16.8. The van der Waals surface area contributed by atoms with Gasteiger partial charge in [0, 0.05) is 0 Å². The topological polar surface area (TPSA) is 108 Å². The van der Waals surface area contributed by atoms with E-state index in [9.17, 15) is 4.79 Å². The Balaban J connectivity index is 1.50. The molecule has 0 aromatic carbocycles. The predicted molar refractivity (Wildman–Crippen MR) is 135 cm³/mol. The molecule has 0 spiro atoms. The molecule has 176 valence electrons. The minimum absolute atomic E-state index is 0.189. The van der Waals surface area contributed by atoms with E-state index in [0.717, 1.165) is 32.4 Å². The van der Waals surface area contributed by atoms with Crippen LogP contribution in [0.1, 0.15) is 21.6 Å². The normalized spacial score (nSPS) is 11.1. The molecule has 11 heteroatoms. The van der Waals surface area contributed by atoms with E-state index in [1.165, 1.54) is 6.20 Å². The zero-order valence-electron chi connectivity index (χ0n) is 19.3. The summed E-state index contributed by atoms with van der Waals surface area (Å²) in [6.07, 6.45) is 6.63. The molecule has 0 bridgehead atoms. The number of hydrogen-bond acceptors (Lipinski definition) is 7. The van der Waals surface area contributed by atoms with Gasteiger partial charge in [0.25, 0.3) is 0 Å². The van der Waals surface area contributed by atoms with Gasteiger partial charge in [-0.15, -0.1) is 0 Å². The van der Waals surface area contributed by atoms with Crippen LogP contribution in [0, 0.1) is 13.8 Å². The molecule has 0 radical (unpaired) electrons.